The lowest BCUT2D eigenvalue weighted by Gasteiger charge is -2.44. The van der Waals surface area contributed by atoms with Gasteiger partial charge in [0.05, 0.1) is 11.7 Å². The van der Waals surface area contributed by atoms with Crippen LogP contribution in [-0.2, 0) is 4.74 Å². The molecule has 33 heavy (non-hydrogen) atoms. The van der Waals surface area contributed by atoms with Gasteiger partial charge in [-0.1, -0.05) is 56.6 Å². The zero-order valence-electron chi connectivity index (χ0n) is 22.0. The number of ether oxygens (including phenoxy) is 1. The minimum Gasteiger partial charge on any atom is -0.390 e. The molecule has 3 aliphatic rings. The van der Waals surface area contributed by atoms with Gasteiger partial charge in [-0.15, -0.1) is 0 Å². The predicted octanol–water partition coefficient (Wildman–Crippen LogP) is 7.11. The Hall–Kier alpha value is -0.900. The number of aliphatic hydroxyl groups is 1. The van der Waals surface area contributed by atoms with Crippen molar-refractivity contribution in [1.82, 2.24) is 0 Å². The first-order valence-electron chi connectivity index (χ1n) is 13.8. The summed E-state index contributed by atoms with van der Waals surface area (Å²) in [6, 6.07) is 0. The highest BCUT2D eigenvalue weighted by molar-refractivity contribution is 5.36. The van der Waals surface area contributed by atoms with Gasteiger partial charge in [-0.05, 0) is 113 Å². The SMILES string of the molecule is C=C1CCC(OCCCN)CC1=CC=C1CCC[C@]2(C)[C@@H](C(C)CCCC(C)(C)O)CC[C@@H]12. The van der Waals surface area contributed by atoms with Crippen molar-refractivity contribution in [1.29, 1.82) is 0 Å². The van der Waals surface area contributed by atoms with Crippen molar-refractivity contribution in [3.05, 3.63) is 35.5 Å². The lowest BCUT2D eigenvalue weighted by atomic mass is 9.60. The average Bonchev–Trinajstić information content (AvgIpc) is 3.10. The third-order valence-corrected chi connectivity index (χ3v) is 9.04. The number of hydrogen-bond donors (Lipinski definition) is 2. The van der Waals surface area contributed by atoms with Gasteiger partial charge in [-0.25, -0.2) is 0 Å². The van der Waals surface area contributed by atoms with Gasteiger partial charge < -0.3 is 15.6 Å². The van der Waals surface area contributed by atoms with Crippen LogP contribution < -0.4 is 5.73 Å². The van der Waals surface area contributed by atoms with Gasteiger partial charge in [0.1, 0.15) is 0 Å². The fraction of sp³-hybridized carbons (Fsp3) is 0.800. The quantitative estimate of drug-likeness (QED) is 0.344. The Balaban J connectivity index is 1.64. The summed E-state index contributed by atoms with van der Waals surface area (Å²) in [6.45, 7) is 14.8. The Kier molecular flexibility index (Phi) is 9.46. The van der Waals surface area contributed by atoms with Crippen LogP contribution in [0.5, 0.6) is 0 Å². The van der Waals surface area contributed by atoms with Gasteiger partial charge in [0.15, 0.2) is 0 Å². The molecule has 0 heterocycles. The summed E-state index contributed by atoms with van der Waals surface area (Å²) in [5.74, 6) is 2.29. The van der Waals surface area contributed by atoms with Gasteiger partial charge in [0, 0.05) is 6.61 Å². The smallest absolute Gasteiger partial charge is 0.0618 e. The van der Waals surface area contributed by atoms with Crippen LogP contribution in [0.2, 0.25) is 0 Å². The molecule has 0 spiro atoms. The molecule has 0 saturated heterocycles. The molecule has 3 nitrogen and oxygen atoms in total. The lowest BCUT2D eigenvalue weighted by molar-refractivity contribution is 0.0435. The lowest BCUT2D eigenvalue weighted by Crippen LogP contribution is -2.36. The van der Waals surface area contributed by atoms with E-state index in [-0.39, 0.29) is 0 Å². The van der Waals surface area contributed by atoms with Gasteiger partial charge in [-0.2, -0.15) is 0 Å². The van der Waals surface area contributed by atoms with Gasteiger partial charge in [0.2, 0.25) is 0 Å². The molecule has 5 atom stereocenters. The second kappa shape index (κ2) is 11.7. The van der Waals surface area contributed by atoms with Crippen LogP contribution in [0.15, 0.2) is 35.5 Å². The van der Waals surface area contributed by atoms with E-state index in [0.717, 1.165) is 62.9 Å². The molecular formula is C30H51NO2. The van der Waals surface area contributed by atoms with E-state index in [1.54, 1.807) is 5.57 Å². The molecular weight excluding hydrogens is 406 g/mol. The largest absolute Gasteiger partial charge is 0.390 e. The van der Waals surface area contributed by atoms with Crippen molar-refractivity contribution >= 4 is 0 Å². The van der Waals surface area contributed by atoms with Crippen molar-refractivity contribution in [3.8, 4) is 0 Å². The first kappa shape index (κ1) is 26.7. The van der Waals surface area contributed by atoms with Gasteiger partial charge in [-0.3, -0.25) is 0 Å². The summed E-state index contributed by atoms with van der Waals surface area (Å²) >= 11 is 0. The van der Waals surface area contributed by atoms with E-state index in [4.69, 9.17) is 10.5 Å². The van der Waals surface area contributed by atoms with Crippen molar-refractivity contribution < 1.29 is 9.84 Å². The summed E-state index contributed by atoms with van der Waals surface area (Å²) in [6.07, 6.45) is 19.2. The van der Waals surface area contributed by atoms with E-state index in [1.807, 2.05) is 13.8 Å². The fourth-order valence-electron chi connectivity index (χ4n) is 7.13. The summed E-state index contributed by atoms with van der Waals surface area (Å²) in [4.78, 5) is 0. The van der Waals surface area contributed by atoms with Crippen LogP contribution in [-0.4, -0.2) is 30.0 Å². The first-order valence-corrected chi connectivity index (χ1v) is 13.8. The molecule has 3 saturated carbocycles. The molecule has 0 aromatic rings. The van der Waals surface area contributed by atoms with Gasteiger partial charge >= 0.3 is 0 Å². The molecule has 3 N–H and O–H groups in total. The number of fused-ring (bicyclic) bond motifs is 1. The molecule has 0 aromatic heterocycles. The molecule has 3 rings (SSSR count). The Morgan fingerprint density at radius 1 is 1.21 bits per heavy atom. The summed E-state index contributed by atoms with van der Waals surface area (Å²) < 4.78 is 6.07. The fourth-order valence-corrected chi connectivity index (χ4v) is 7.13. The highest BCUT2D eigenvalue weighted by Crippen LogP contribution is 2.60. The second-order valence-corrected chi connectivity index (χ2v) is 12.2. The topological polar surface area (TPSA) is 55.5 Å². The van der Waals surface area contributed by atoms with Crippen LogP contribution in [0, 0.1) is 23.2 Å². The van der Waals surface area contributed by atoms with Crippen molar-refractivity contribution in [2.45, 2.75) is 116 Å². The Morgan fingerprint density at radius 3 is 2.73 bits per heavy atom. The van der Waals surface area contributed by atoms with Crippen molar-refractivity contribution in [2.75, 3.05) is 13.2 Å². The number of rotatable bonds is 10. The Morgan fingerprint density at radius 2 is 2.00 bits per heavy atom. The predicted molar refractivity (Wildman–Crippen MR) is 140 cm³/mol. The van der Waals surface area contributed by atoms with Crippen molar-refractivity contribution in [2.24, 2.45) is 28.9 Å². The maximum absolute atomic E-state index is 10.1. The zero-order valence-corrected chi connectivity index (χ0v) is 22.0. The maximum Gasteiger partial charge on any atom is 0.0618 e. The second-order valence-electron chi connectivity index (χ2n) is 12.2. The number of nitrogens with two attached hydrogens (primary N) is 1. The minimum absolute atomic E-state index is 0.323. The maximum atomic E-state index is 10.1. The highest BCUT2D eigenvalue weighted by atomic mass is 16.5. The summed E-state index contributed by atoms with van der Waals surface area (Å²) in [5, 5.41) is 10.1. The van der Waals surface area contributed by atoms with Crippen LogP contribution in [0.4, 0.5) is 0 Å². The van der Waals surface area contributed by atoms with E-state index in [1.165, 1.54) is 49.7 Å². The number of hydrogen-bond acceptors (Lipinski definition) is 3. The molecule has 188 valence electrons. The van der Waals surface area contributed by atoms with Crippen LogP contribution in [0.25, 0.3) is 0 Å². The monoisotopic (exact) mass is 457 g/mol. The molecule has 2 unspecified atom stereocenters. The third kappa shape index (κ3) is 7.05. The van der Waals surface area contributed by atoms with E-state index in [9.17, 15) is 5.11 Å². The van der Waals surface area contributed by atoms with Crippen molar-refractivity contribution in [3.63, 3.8) is 0 Å². The molecule has 0 bridgehead atoms. The minimum atomic E-state index is -0.534. The van der Waals surface area contributed by atoms with E-state index in [2.05, 4.69) is 32.6 Å². The van der Waals surface area contributed by atoms with E-state index in [0.29, 0.717) is 18.1 Å². The first-order chi connectivity index (χ1) is 15.6. The molecule has 0 amide bonds. The molecule has 0 radical (unpaired) electrons. The van der Waals surface area contributed by atoms with Crippen LogP contribution in [0.3, 0.4) is 0 Å². The van der Waals surface area contributed by atoms with E-state index >= 15 is 0 Å². The van der Waals surface area contributed by atoms with Crippen LogP contribution >= 0.6 is 0 Å². The summed E-state index contributed by atoms with van der Waals surface area (Å²) in [5.41, 5.74) is 9.91. The van der Waals surface area contributed by atoms with Crippen LogP contribution in [0.1, 0.15) is 105 Å². The van der Waals surface area contributed by atoms with Gasteiger partial charge in [0.25, 0.3) is 0 Å². The average molecular weight is 458 g/mol. The molecule has 3 aliphatic carbocycles. The van der Waals surface area contributed by atoms with E-state index < -0.39 is 5.60 Å². The molecule has 3 heteroatoms. The standard InChI is InChI=1S/C30H51NO2/c1-22-11-14-26(33-20-8-19-31)21-25(22)13-12-24-10-7-18-30(5)27(15-16-28(24)30)23(2)9-6-17-29(3,4)32/h12-13,23,26-28,32H,1,6-11,14-21,31H2,2-5H3/t23?,26?,27-,28+,30-/m1/s1. The number of allylic oxidation sites excluding steroid dienone is 4. The third-order valence-electron chi connectivity index (χ3n) is 9.04. The molecule has 3 fully saturated rings. The Labute approximate surface area is 203 Å². The highest BCUT2D eigenvalue weighted by Gasteiger charge is 2.50. The molecule has 0 aromatic carbocycles. The molecule has 0 aliphatic heterocycles. The zero-order chi connectivity index (χ0) is 24.1. The normalized spacial score (nSPS) is 34.1. The summed E-state index contributed by atoms with van der Waals surface area (Å²) in [7, 11) is 0. The Bertz CT molecular complexity index is 715.